The Hall–Kier alpha value is -0.340. The normalized spacial score (nSPS) is 15.7. The molecule has 0 bridgehead atoms. The first-order chi connectivity index (χ1) is 11.8. The maximum atomic E-state index is 4.31. The monoisotopic (exact) mass is 478 g/mol. The molecule has 1 aliphatic rings. The molecule has 4 nitrogen and oxygen atoms in total. The number of unbranched alkanes of at least 4 members (excludes halogenated alkanes) is 2. The van der Waals surface area contributed by atoms with Gasteiger partial charge in [-0.05, 0) is 63.9 Å². The predicted octanol–water partition coefficient (Wildman–Crippen LogP) is 4.25. The molecule has 0 atom stereocenters. The van der Waals surface area contributed by atoms with Crippen molar-refractivity contribution in [2.45, 2.75) is 58.4 Å². The average molecular weight is 478 g/mol. The van der Waals surface area contributed by atoms with Crippen molar-refractivity contribution in [1.82, 2.24) is 15.5 Å². The number of hydrogen-bond donors (Lipinski definition) is 2. The smallest absolute Gasteiger partial charge is 0.191 e. The molecule has 0 aromatic carbocycles. The van der Waals surface area contributed by atoms with Gasteiger partial charge in [0, 0.05) is 23.3 Å². The average Bonchev–Trinajstić information content (AvgIpc) is 3.09. The van der Waals surface area contributed by atoms with E-state index in [1.54, 1.807) is 0 Å². The van der Waals surface area contributed by atoms with Gasteiger partial charge in [-0.3, -0.25) is 4.99 Å². The van der Waals surface area contributed by atoms with E-state index in [-0.39, 0.29) is 24.0 Å². The first-order valence-corrected chi connectivity index (χ1v) is 10.4. The molecule has 1 aliphatic heterocycles. The molecule has 1 saturated heterocycles. The standard InChI is InChI=1S/C19H34N4S.HI/c1-3-17-10-11-18(24-17)16-22-19(20-2)21-12-6-4-7-13-23-14-8-5-9-15-23;/h10-11H,3-9,12-16H2,1-2H3,(H2,20,21,22);1H. The number of hydrogen-bond acceptors (Lipinski definition) is 3. The second-order valence-electron chi connectivity index (χ2n) is 6.54. The number of aliphatic imine (C=N–C) groups is 1. The van der Waals surface area contributed by atoms with Gasteiger partial charge in [0.2, 0.25) is 0 Å². The van der Waals surface area contributed by atoms with Gasteiger partial charge < -0.3 is 15.5 Å². The Morgan fingerprint density at radius 2 is 1.84 bits per heavy atom. The summed E-state index contributed by atoms with van der Waals surface area (Å²) < 4.78 is 0. The van der Waals surface area contributed by atoms with Crippen LogP contribution in [0.3, 0.4) is 0 Å². The summed E-state index contributed by atoms with van der Waals surface area (Å²) in [6, 6.07) is 4.44. The highest BCUT2D eigenvalue weighted by Crippen LogP contribution is 2.16. The third kappa shape index (κ3) is 9.24. The summed E-state index contributed by atoms with van der Waals surface area (Å²) in [7, 11) is 1.84. The van der Waals surface area contributed by atoms with Crippen LogP contribution in [-0.4, -0.2) is 44.1 Å². The van der Waals surface area contributed by atoms with Crippen LogP contribution >= 0.6 is 35.3 Å². The zero-order chi connectivity index (χ0) is 17.0. The van der Waals surface area contributed by atoms with Gasteiger partial charge in [0.15, 0.2) is 5.96 Å². The Morgan fingerprint density at radius 3 is 2.52 bits per heavy atom. The van der Waals surface area contributed by atoms with Crippen molar-refractivity contribution >= 4 is 41.3 Å². The molecule has 1 aromatic rings. The van der Waals surface area contributed by atoms with Crippen LogP contribution in [0.15, 0.2) is 17.1 Å². The van der Waals surface area contributed by atoms with E-state index in [0.29, 0.717) is 0 Å². The van der Waals surface area contributed by atoms with Crippen molar-refractivity contribution < 1.29 is 0 Å². The van der Waals surface area contributed by atoms with Crippen LogP contribution in [0.25, 0.3) is 0 Å². The van der Waals surface area contributed by atoms with Crippen LogP contribution in [0.4, 0.5) is 0 Å². The molecule has 0 aliphatic carbocycles. The quantitative estimate of drug-likeness (QED) is 0.241. The van der Waals surface area contributed by atoms with E-state index in [1.165, 1.54) is 67.9 Å². The summed E-state index contributed by atoms with van der Waals surface area (Å²) in [5, 5.41) is 6.84. The molecule has 6 heteroatoms. The molecule has 0 amide bonds. The minimum Gasteiger partial charge on any atom is -0.356 e. The number of aryl methyl sites for hydroxylation is 1. The van der Waals surface area contributed by atoms with Crippen molar-refractivity contribution in [1.29, 1.82) is 0 Å². The Bertz CT molecular complexity index is 484. The van der Waals surface area contributed by atoms with E-state index in [1.807, 2.05) is 18.4 Å². The predicted molar refractivity (Wildman–Crippen MR) is 121 cm³/mol. The van der Waals surface area contributed by atoms with Gasteiger partial charge in [-0.1, -0.05) is 19.8 Å². The maximum absolute atomic E-state index is 4.31. The second-order valence-corrected chi connectivity index (χ2v) is 7.79. The van der Waals surface area contributed by atoms with Crippen molar-refractivity contribution in [3.05, 3.63) is 21.9 Å². The SMILES string of the molecule is CCc1ccc(CNC(=NC)NCCCCCN2CCCCC2)s1.I. The van der Waals surface area contributed by atoms with Crippen LogP contribution in [0.5, 0.6) is 0 Å². The van der Waals surface area contributed by atoms with Crippen LogP contribution in [0.2, 0.25) is 0 Å². The number of likely N-dealkylation sites (tertiary alicyclic amines) is 1. The molecular formula is C19H35IN4S. The number of rotatable bonds is 9. The molecule has 0 saturated carbocycles. The number of nitrogens with zero attached hydrogens (tertiary/aromatic N) is 2. The van der Waals surface area contributed by atoms with Gasteiger partial charge in [-0.2, -0.15) is 0 Å². The van der Waals surface area contributed by atoms with Crippen molar-refractivity contribution in [2.24, 2.45) is 4.99 Å². The lowest BCUT2D eigenvalue weighted by Crippen LogP contribution is -2.37. The second kappa shape index (κ2) is 13.8. The van der Waals surface area contributed by atoms with Crippen LogP contribution in [-0.2, 0) is 13.0 Å². The number of guanidine groups is 1. The van der Waals surface area contributed by atoms with Crippen LogP contribution in [0.1, 0.15) is 55.2 Å². The number of halogens is 1. The van der Waals surface area contributed by atoms with Crippen molar-refractivity contribution in [2.75, 3.05) is 33.2 Å². The van der Waals surface area contributed by atoms with E-state index in [4.69, 9.17) is 0 Å². The Balaban J connectivity index is 0.00000312. The van der Waals surface area contributed by atoms with E-state index in [9.17, 15) is 0 Å². The minimum atomic E-state index is 0. The molecule has 2 rings (SSSR count). The molecule has 1 aromatic heterocycles. The lowest BCUT2D eigenvalue weighted by atomic mass is 10.1. The fourth-order valence-electron chi connectivity index (χ4n) is 3.13. The summed E-state index contributed by atoms with van der Waals surface area (Å²) in [6.45, 7) is 7.98. The van der Waals surface area contributed by atoms with Gasteiger partial charge in [0.05, 0.1) is 6.54 Å². The van der Waals surface area contributed by atoms with Gasteiger partial charge in [-0.15, -0.1) is 35.3 Å². The van der Waals surface area contributed by atoms with Gasteiger partial charge in [0.1, 0.15) is 0 Å². The van der Waals surface area contributed by atoms with E-state index < -0.39 is 0 Å². The molecule has 1 fully saturated rings. The summed E-state index contributed by atoms with van der Waals surface area (Å²) in [5.41, 5.74) is 0. The zero-order valence-corrected chi connectivity index (χ0v) is 19.0. The fraction of sp³-hybridized carbons (Fsp3) is 0.737. The topological polar surface area (TPSA) is 39.7 Å². The zero-order valence-electron chi connectivity index (χ0n) is 15.9. The van der Waals surface area contributed by atoms with Crippen molar-refractivity contribution in [3.63, 3.8) is 0 Å². The third-order valence-corrected chi connectivity index (χ3v) is 5.84. The largest absolute Gasteiger partial charge is 0.356 e. The number of piperidine rings is 1. The van der Waals surface area contributed by atoms with E-state index >= 15 is 0 Å². The molecule has 144 valence electrons. The molecule has 0 radical (unpaired) electrons. The van der Waals surface area contributed by atoms with Gasteiger partial charge in [0.25, 0.3) is 0 Å². The van der Waals surface area contributed by atoms with E-state index in [2.05, 4.69) is 39.6 Å². The maximum Gasteiger partial charge on any atom is 0.191 e. The Morgan fingerprint density at radius 1 is 1.08 bits per heavy atom. The molecule has 0 spiro atoms. The van der Waals surface area contributed by atoms with E-state index in [0.717, 1.165) is 25.5 Å². The third-order valence-electron chi connectivity index (χ3n) is 4.61. The van der Waals surface area contributed by atoms with Crippen LogP contribution < -0.4 is 10.6 Å². The summed E-state index contributed by atoms with van der Waals surface area (Å²) >= 11 is 1.88. The summed E-state index contributed by atoms with van der Waals surface area (Å²) in [6.07, 6.45) is 9.18. The number of thiophene rings is 1. The molecule has 25 heavy (non-hydrogen) atoms. The summed E-state index contributed by atoms with van der Waals surface area (Å²) in [5.74, 6) is 0.914. The van der Waals surface area contributed by atoms with Crippen LogP contribution in [0, 0.1) is 0 Å². The molecule has 0 unspecified atom stereocenters. The fourth-order valence-corrected chi connectivity index (χ4v) is 4.02. The highest BCUT2D eigenvalue weighted by Gasteiger charge is 2.08. The van der Waals surface area contributed by atoms with Crippen molar-refractivity contribution in [3.8, 4) is 0 Å². The Kier molecular flexibility index (Phi) is 12.5. The lowest BCUT2D eigenvalue weighted by Gasteiger charge is -2.26. The van der Waals surface area contributed by atoms with Gasteiger partial charge in [-0.25, -0.2) is 0 Å². The molecule has 2 N–H and O–H groups in total. The molecular weight excluding hydrogens is 443 g/mol. The highest BCUT2D eigenvalue weighted by atomic mass is 127. The first kappa shape index (κ1) is 22.7. The molecule has 2 heterocycles. The highest BCUT2D eigenvalue weighted by molar-refractivity contribution is 14.0. The van der Waals surface area contributed by atoms with Gasteiger partial charge >= 0.3 is 0 Å². The lowest BCUT2D eigenvalue weighted by molar-refractivity contribution is 0.224. The number of nitrogens with one attached hydrogen (secondary N) is 2. The minimum absolute atomic E-state index is 0. The Labute approximate surface area is 174 Å². The first-order valence-electron chi connectivity index (χ1n) is 9.56. The summed E-state index contributed by atoms with van der Waals surface area (Å²) in [4.78, 5) is 9.76.